The summed E-state index contributed by atoms with van der Waals surface area (Å²) >= 11 is 0. The van der Waals surface area contributed by atoms with E-state index in [1.54, 1.807) is 0 Å². The predicted octanol–water partition coefficient (Wildman–Crippen LogP) is 10.2. The topological polar surface area (TPSA) is 23.8 Å². The minimum absolute atomic E-state index is 0.408. The van der Waals surface area contributed by atoms with Crippen molar-refractivity contribution >= 4 is 5.69 Å². The summed E-state index contributed by atoms with van der Waals surface area (Å²) in [6, 6.07) is 19.7. The van der Waals surface area contributed by atoms with Crippen molar-refractivity contribution in [2.45, 2.75) is 79.1 Å². The van der Waals surface area contributed by atoms with Gasteiger partial charge in [0.1, 0.15) is 0 Å². The van der Waals surface area contributed by atoms with Crippen LogP contribution in [-0.2, 0) is 0 Å². The minimum Gasteiger partial charge on any atom is -0.698 e. The first-order valence-corrected chi connectivity index (χ1v) is 11.8. The molecule has 31 heavy (non-hydrogen) atoms. The quantitative estimate of drug-likeness (QED) is 0.384. The van der Waals surface area contributed by atoms with Crippen molar-refractivity contribution in [3.05, 3.63) is 82.6 Å². The summed E-state index contributed by atoms with van der Waals surface area (Å²) < 4.78 is 0. The third-order valence-corrected chi connectivity index (χ3v) is 6.35. The van der Waals surface area contributed by atoms with E-state index in [1.165, 1.54) is 33.4 Å². The number of rotatable bonds is 6. The highest BCUT2D eigenvalue weighted by molar-refractivity contribution is 5.94. The summed E-state index contributed by atoms with van der Waals surface area (Å²) in [6.07, 6.45) is 0. The van der Waals surface area contributed by atoms with Gasteiger partial charge in [0.25, 0.3) is 0 Å². The molecular weight excluding hydrogens is 374 g/mol. The number of hydrogen-bond donors (Lipinski definition) is 0. The Morgan fingerprint density at radius 3 is 0.968 bits per heavy atom. The zero-order valence-electron chi connectivity index (χ0n) is 20.5. The van der Waals surface area contributed by atoms with Crippen LogP contribution in [0.1, 0.15) is 101 Å². The summed E-state index contributed by atoms with van der Waals surface area (Å²) in [5, 5.41) is 0. The van der Waals surface area contributed by atoms with E-state index >= 15 is 0 Å². The highest BCUT2D eigenvalue weighted by Gasteiger charge is 2.20. The van der Waals surface area contributed by atoms with Crippen LogP contribution in [0.25, 0.3) is 28.0 Å². The van der Waals surface area contributed by atoms with Crippen LogP contribution in [-0.4, -0.2) is 0 Å². The molecule has 0 saturated heterocycles. The molecule has 164 valence electrons. The Labute approximate surface area is 189 Å². The molecule has 0 spiro atoms. The Balaban J connectivity index is 2.38. The zero-order chi connectivity index (χ0) is 22.9. The average molecular weight is 413 g/mol. The normalized spacial score (nSPS) is 11.9. The Morgan fingerprint density at radius 1 is 0.452 bits per heavy atom. The summed E-state index contributed by atoms with van der Waals surface area (Å²) in [7, 11) is 0. The minimum atomic E-state index is 0.408. The van der Waals surface area contributed by atoms with Crippen LogP contribution in [0.4, 0.5) is 5.69 Å². The van der Waals surface area contributed by atoms with Crippen molar-refractivity contribution < 1.29 is 0 Å². The molecule has 0 radical (unpaired) electrons. The van der Waals surface area contributed by atoms with Crippen LogP contribution in [0, 0.1) is 0 Å². The van der Waals surface area contributed by atoms with E-state index < -0.39 is 0 Å². The van der Waals surface area contributed by atoms with Crippen LogP contribution in [0.3, 0.4) is 0 Å². The highest BCUT2D eigenvalue weighted by Crippen LogP contribution is 2.47. The molecule has 1 heteroatoms. The second-order valence-corrected chi connectivity index (χ2v) is 9.97. The first kappa shape index (κ1) is 23.1. The molecule has 0 heterocycles. The lowest BCUT2D eigenvalue weighted by Crippen LogP contribution is -2.02. The molecular formula is C30H38N-. The molecule has 0 saturated carbocycles. The van der Waals surface area contributed by atoms with Gasteiger partial charge in [0.2, 0.25) is 0 Å². The van der Waals surface area contributed by atoms with Gasteiger partial charge in [-0.25, -0.2) is 0 Å². The highest BCUT2D eigenvalue weighted by atomic mass is 14.6. The summed E-state index contributed by atoms with van der Waals surface area (Å²) in [4.78, 5) is 0. The van der Waals surface area contributed by atoms with Crippen molar-refractivity contribution in [2.24, 2.45) is 0 Å². The molecule has 0 fully saturated rings. The van der Waals surface area contributed by atoms with Gasteiger partial charge in [0.05, 0.1) is 0 Å². The number of benzene rings is 3. The number of hydrogen-bond acceptors (Lipinski definition) is 0. The van der Waals surface area contributed by atoms with E-state index in [4.69, 9.17) is 0 Å². The van der Waals surface area contributed by atoms with Gasteiger partial charge in [0, 0.05) is 0 Å². The molecule has 0 aliphatic rings. The largest absolute Gasteiger partial charge is 0.698 e. The molecule has 0 aliphatic heterocycles. The van der Waals surface area contributed by atoms with Crippen molar-refractivity contribution in [1.29, 1.82) is 0 Å². The fraction of sp³-hybridized carbons (Fsp3) is 0.400. The third kappa shape index (κ3) is 4.42. The summed E-state index contributed by atoms with van der Waals surface area (Å²) in [5.41, 5.74) is 20.0. The van der Waals surface area contributed by atoms with E-state index in [-0.39, 0.29) is 0 Å². The monoisotopic (exact) mass is 412 g/mol. The third-order valence-electron chi connectivity index (χ3n) is 6.35. The van der Waals surface area contributed by atoms with E-state index in [2.05, 4.69) is 110 Å². The van der Waals surface area contributed by atoms with Gasteiger partial charge >= 0.3 is 0 Å². The molecule has 1 N–H and O–H groups in total. The maximum atomic E-state index is 9.37. The molecule has 0 bridgehead atoms. The van der Waals surface area contributed by atoms with Crippen molar-refractivity contribution in [3.8, 4) is 22.3 Å². The smallest absolute Gasteiger partial charge is 0.0127 e. The van der Waals surface area contributed by atoms with Gasteiger partial charge in [-0.2, -0.15) is 0 Å². The lowest BCUT2D eigenvalue weighted by atomic mass is 9.81. The second kappa shape index (κ2) is 9.30. The molecule has 3 rings (SSSR count). The molecule has 3 aromatic rings. The van der Waals surface area contributed by atoms with Gasteiger partial charge in [-0.1, -0.05) is 110 Å². The first-order valence-electron chi connectivity index (χ1n) is 11.8. The van der Waals surface area contributed by atoms with Gasteiger partial charge in [-0.15, -0.1) is 5.69 Å². The van der Waals surface area contributed by atoms with Crippen molar-refractivity contribution in [1.82, 2.24) is 0 Å². The fourth-order valence-electron chi connectivity index (χ4n) is 4.69. The molecule has 1 nitrogen and oxygen atoms in total. The van der Waals surface area contributed by atoms with Crippen LogP contribution in [0.5, 0.6) is 0 Å². The van der Waals surface area contributed by atoms with E-state index in [9.17, 15) is 5.73 Å². The van der Waals surface area contributed by atoms with Crippen LogP contribution >= 0.6 is 0 Å². The van der Waals surface area contributed by atoms with Crippen LogP contribution < -0.4 is 0 Å². The average Bonchev–Trinajstić information content (AvgIpc) is 2.72. The molecule has 0 atom stereocenters. The Bertz CT molecular complexity index is 920. The predicted molar refractivity (Wildman–Crippen MR) is 138 cm³/mol. The van der Waals surface area contributed by atoms with Crippen molar-refractivity contribution in [3.63, 3.8) is 0 Å². The van der Waals surface area contributed by atoms with Crippen LogP contribution in [0.2, 0.25) is 0 Å². The SMILES string of the molecule is CC(C)c1cccc(C(C)C)c1-c1cccc(-c2c(C(C)C)cccc2C(C)C)c1[NH-]. The standard InChI is InChI=1S/C30H38N/c1-18(2)22-12-9-13-23(19(3)4)28(22)26-16-11-17-27(30(26)31)29-24(20(5)6)14-10-15-25(29)21(7)8/h9-21,31H,1-8H3/q-1. The first-order chi connectivity index (χ1) is 14.6. The van der Waals surface area contributed by atoms with Crippen LogP contribution in [0.15, 0.2) is 54.6 Å². The Kier molecular flexibility index (Phi) is 6.94. The van der Waals surface area contributed by atoms with Gasteiger partial charge in [-0.3, -0.25) is 0 Å². The van der Waals surface area contributed by atoms with Gasteiger partial charge in [0.15, 0.2) is 0 Å². The van der Waals surface area contributed by atoms with Gasteiger partial charge < -0.3 is 5.73 Å². The molecule has 0 unspecified atom stereocenters. The fourth-order valence-corrected chi connectivity index (χ4v) is 4.69. The molecule has 0 aliphatic carbocycles. The van der Waals surface area contributed by atoms with E-state index in [0.717, 1.165) is 11.1 Å². The zero-order valence-corrected chi connectivity index (χ0v) is 20.5. The maximum Gasteiger partial charge on any atom is -0.0127 e. The summed E-state index contributed by atoms with van der Waals surface area (Å²) in [6.45, 7) is 18.0. The Morgan fingerprint density at radius 2 is 0.710 bits per heavy atom. The molecule has 0 amide bonds. The Hall–Kier alpha value is -2.54. The van der Waals surface area contributed by atoms with E-state index in [0.29, 0.717) is 29.4 Å². The lowest BCUT2D eigenvalue weighted by molar-refractivity contribution is 0.837. The molecule has 0 aromatic heterocycles. The maximum absolute atomic E-state index is 9.37. The second-order valence-electron chi connectivity index (χ2n) is 9.97. The van der Waals surface area contributed by atoms with Gasteiger partial charge in [-0.05, 0) is 68.2 Å². The molecule has 3 aromatic carbocycles. The summed E-state index contributed by atoms with van der Waals surface area (Å²) in [5.74, 6) is 1.63. The van der Waals surface area contributed by atoms with Crippen molar-refractivity contribution in [2.75, 3.05) is 0 Å². The lowest BCUT2D eigenvalue weighted by Gasteiger charge is -2.28. The van der Waals surface area contributed by atoms with E-state index in [1.807, 2.05) is 0 Å². The number of nitrogens with one attached hydrogen (secondary N) is 1.